The van der Waals surface area contributed by atoms with E-state index in [1.807, 2.05) is 0 Å². The van der Waals surface area contributed by atoms with Crippen LogP contribution in [0.15, 0.2) is 18.2 Å². The molecule has 19 heavy (non-hydrogen) atoms. The van der Waals surface area contributed by atoms with Crippen molar-refractivity contribution in [1.29, 1.82) is 0 Å². The molecule has 0 saturated heterocycles. The van der Waals surface area contributed by atoms with Crippen LogP contribution in [0.25, 0.3) is 6.08 Å². The molecule has 0 spiro atoms. The molecule has 6 nitrogen and oxygen atoms in total. The van der Waals surface area contributed by atoms with Crippen LogP contribution in [0.2, 0.25) is 0 Å². The van der Waals surface area contributed by atoms with Crippen LogP contribution in [0, 0.1) is 0 Å². The highest BCUT2D eigenvalue weighted by molar-refractivity contribution is 5.92. The molecule has 6 heteroatoms. The molecule has 0 aliphatic rings. The van der Waals surface area contributed by atoms with Gasteiger partial charge in [-0.1, -0.05) is 0 Å². The van der Waals surface area contributed by atoms with Crippen molar-refractivity contribution >= 4 is 18.0 Å². The molecule has 1 aromatic rings. The topological polar surface area (TPSA) is 82.1 Å². The van der Waals surface area contributed by atoms with Crippen LogP contribution in [0.5, 0.6) is 11.5 Å². The molecule has 0 unspecified atom stereocenters. The molecule has 1 rings (SSSR count). The monoisotopic (exact) mass is 266 g/mol. The van der Waals surface area contributed by atoms with E-state index in [0.29, 0.717) is 5.56 Å². The van der Waals surface area contributed by atoms with Crippen molar-refractivity contribution in [2.24, 2.45) is 0 Å². The summed E-state index contributed by atoms with van der Waals surface area (Å²) in [4.78, 5) is 22.0. The van der Waals surface area contributed by atoms with E-state index in [9.17, 15) is 9.59 Å². The first kappa shape index (κ1) is 14.6. The first-order chi connectivity index (χ1) is 9.03. The zero-order chi connectivity index (χ0) is 14.4. The van der Waals surface area contributed by atoms with Crippen molar-refractivity contribution in [2.45, 2.75) is 0 Å². The normalized spacial score (nSPS) is 10.3. The SMILES string of the molecule is COC(=O)C=Cc1c(OC)cc(C(=O)O)cc1OC. The molecule has 0 radical (unpaired) electrons. The van der Waals surface area contributed by atoms with Crippen LogP contribution in [0.1, 0.15) is 15.9 Å². The zero-order valence-corrected chi connectivity index (χ0v) is 10.8. The zero-order valence-electron chi connectivity index (χ0n) is 10.8. The highest BCUT2D eigenvalue weighted by Gasteiger charge is 2.14. The van der Waals surface area contributed by atoms with E-state index >= 15 is 0 Å². The number of carbonyl (C=O) groups is 2. The summed E-state index contributed by atoms with van der Waals surface area (Å²) >= 11 is 0. The number of benzene rings is 1. The Morgan fingerprint density at radius 1 is 1.11 bits per heavy atom. The molecule has 0 aromatic heterocycles. The molecule has 1 N–H and O–H groups in total. The third kappa shape index (κ3) is 3.48. The number of methoxy groups -OCH3 is 3. The number of carboxylic acid groups (broad SMARTS) is 1. The number of esters is 1. The Morgan fingerprint density at radius 2 is 1.63 bits per heavy atom. The molecule has 0 aliphatic carbocycles. The van der Waals surface area contributed by atoms with E-state index in [1.165, 1.54) is 45.6 Å². The van der Waals surface area contributed by atoms with Crippen LogP contribution in [-0.4, -0.2) is 38.4 Å². The Labute approximate surface area is 110 Å². The summed E-state index contributed by atoms with van der Waals surface area (Å²) in [5, 5.41) is 8.97. The fourth-order valence-electron chi connectivity index (χ4n) is 1.45. The number of carbonyl (C=O) groups excluding carboxylic acids is 1. The largest absolute Gasteiger partial charge is 0.496 e. The maximum Gasteiger partial charge on any atom is 0.335 e. The van der Waals surface area contributed by atoms with Crippen molar-refractivity contribution < 1.29 is 28.9 Å². The summed E-state index contributed by atoms with van der Waals surface area (Å²) in [5.74, 6) is -1.06. The number of aromatic carboxylic acids is 1. The fourth-order valence-corrected chi connectivity index (χ4v) is 1.45. The van der Waals surface area contributed by atoms with Gasteiger partial charge in [-0.25, -0.2) is 9.59 Å². The Hall–Kier alpha value is -2.50. The van der Waals surface area contributed by atoms with Crippen LogP contribution >= 0.6 is 0 Å². The number of carboxylic acids is 1. The second kappa shape index (κ2) is 6.44. The summed E-state index contributed by atoms with van der Waals surface area (Å²) in [6.07, 6.45) is 2.63. The molecule has 0 heterocycles. The van der Waals surface area contributed by atoms with Crippen molar-refractivity contribution in [3.63, 3.8) is 0 Å². The van der Waals surface area contributed by atoms with Crippen molar-refractivity contribution in [1.82, 2.24) is 0 Å². The summed E-state index contributed by atoms with van der Waals surface area (Å²) in [6, 6.07) is 2.70. The van der Waals surface area contributed by atoms with Gasteiger partial charge in [-0.05, 0) is 18.2 Å². The van der Waals surface area contributed by atoms with Gasteiger partial charge in [-0.3, -0.25) is 0 Å². The highest BCUT2D eigenvalue weighted by Crippen LogP contribution is 2.31. The summed E-state index contributed by atoms with van der Waals surface area (Å²) in [6.45, 7) is 0. The molecule has 0 aliphatic heterocycles. The molecule has 0 bridgehead atoms. The van der Waals surface area contributed by atoms with Crippen molar-refractivity contribution in [2.75, 3.05) is 21.3 Å². The lowest BCUT2D eigenvalue weighted by Gasteiger charge is -2.11. The van der Waals surface area contributed by atoms with Gasteiger partial charge in [0.2, 0.25) is 0 Å². The number of hydrogen-bond donors (Lipinski definition) is 1. The first-order valence-electron chi connectivity index (χ1n) is 5.28. The molecule has 0 amide bonds. The van der Waals surface area contributed by atoms with Gasteiger partial charge >= 0.3 is 11.9 Å². The van der Waals surface area contributed by atoms with Gasteiger partial charge < -0.3 is 19.3 Å². The third-order valence-electron chi connectivity index (χ3n) is 2.38. The lowest BCUT2D eigenvalue weighted by atomic mass is 10.1. The predicted octanol–water partition coefficient (Wildman–Crippen LogP) is 1.59. The molecule has 0 saturated carbocycles. The summed E-state index contributed by atoms with van der Waals surface area (Å²) in [7, 11) is 4.06. The number of hydrogen-bond acceptors (Lipinski definition) is 5. The molecule has 102 valence electrons. The maximum atomic E-state index is 11.1. The molecule has 0 fully saturated rings. The Bertz CT molecular complexity index is 493. The van der Waals surface area contributed by atoms with Gasteiger partial charge in [-0.15, -0.1) is 0 Å². The second-order valence-electron chi connectivity index (χ2n) is 3.46. The first-order valence-corrected chi connectivity index (χ1v) is 5.28. The standard InChI is InChI=1S/C13H14O6/c1-17-10-6-8(13(15)16)7-11(18-2)9(10)4-5-12(14)19-3/h4-7H,1-3H3,(H,15,16). The van der Waals surface area contributed by atoms with Crippen molar-refractivity contribution in [3.8, 4) is 11.5 Å². The minimum atomic E-state index is -1.10. The average Bonchev–Trinajstić information content (AvgIpc) is 2.43. The smallest absolute Gasteiger partial charge is 0.335 e. The van der Waals surface area contributed by atoms with Gasteiger partial charge in [0.05, 0.1) is 32.5 Å². The molecule has 1 aromatic carbocycles. The number of ether oxygens (including phenoxy) is 3. The van der Waals surface area contributed by atoms with E-state index in [4.69, 9.17) is 14.6 Å². The minimum absolute atomic E-state index is 0.0314. The molecular weight excluding hydrogens is 252 g/mol. The van der Waals surface area contributed by atoms with E-state index < -0.39 is 11.9 Å². The van der Waals surface area contributed by atoms with Gasteiger partial charge in [0.15, 0.2) is 0 Å². The number of rotatable bonds is 5. The Kier molecular flexibility index (Phi) is 4.93. The Balaban J connectivity index is 3.32. The van der Waals surface area contributed by atoms with E-state index in [-0.39, 0.29) is 17.1 Å². The minimum Gasteiger partial charge on any atom is -0.496 e. The van der Waals surface area contributed by atoms with Gasteiger partial charge in [0.25, 0.3) is 0 Å². The fraction of sp³-hybridized carbons (Fsp3) is 0.231. The predicted molar refractivity (Wildman–Crippen MR) is 67.6 cm³/mol. The van der Waals surface area contributed by atoms with Crippen LogP contribution in [0.3, 0.4) is 0 Å². The van der Waals surface area contributed by atoms with Crippen molar-refractivity contribution in [3.05, 3.63) is 29.3 Å². The quantitative estimate of drug-likeness (QED) is 0.643. The highest BCUT2D eigenvalue weighted by atomic mass is 16.5. The second-order valence-corrected chi connectivity index (χ2v) is 3.46. The Morgan fingerprint density at radius 3 is 2.00 bits per heavy atom. The van der Waals surface area contributed by atoms with Gasteiger partial charge in [-0.2, -0.15) is 0 Å². The van der Waals surface area contributed by atoms with Crippen LogP contribution in [0.4, 0.5) is 0 Å². The lowest BCUT2D eigenvalue weighted by Crippen LogP contribution is -2.01. The van der Waals surface area contributed by atoms with Gasteiger partial charge in [0.1, 0.15) is 11.5 Å². The molecular formula is C13H14O6. The van der Waals surface area contributed by atoms with Crippen LogP contribution in [-0.2, 0) is 9.53 Å². The van der Waals surface area contributed by atoms with Crippen LogP contribution < -0.4 is 9.47 Å². The van der Waals surface area contributed by atoms with E-state index in [1.54, 1.807) is 0 Å². The maximum absolute atomic E-state index is 11.1. The summed E-state index contributed by atoms with van der Waals surface area (Å²) < 4.78 is 14.7. The summed E-state index contributed by atoms with van der Waals surface area (Å²) in [5.41, 5.74) is 0.490. The van der Waals surface area contributed by atoms with E-state index in [2.05, 4.69) is 4.74 Å². The van der Waals surface area contributed by atoms with E-state index in [0.717, 1.165) is 0 Å². The lowest BCUT2D eigenvalue weighted by molar-refractivity contribution is -0.134. The average molecular weight is 266 g/mol. The molecule has 0 atom stereocenters. The van der Waals surface area contributed by atoms with Gasteiger partial charge in [0, 0.05) is 6.08 Å². The third-order valence-corrected chi connectivity index (χ3v) is 2.38.